The molecule has 0 fully saturated rings. The third-order valence-electron chi connectivity index (χ3n) is 1.02. The fourth-order valence-corrected chi connectivity index (χ4v) is 1.03. The van der Waals surface area contributed by atoms with Crippen LogP contribution in [-0.4, -0.2) is 73.7 Å². The zero-order valence-corrected chi connectivity index (χ0v) is 24.6. The Balaban J connectivity index is -0.0000000212. The van der Waals surface area contributed by atoms with Crippen molar-refractivity contribution in [2.75, 3.05) is 33.4 Å². The Hall–Kier alpha value is 0.791. The molecule has 0 rings (SSSR count). The number of hydrogen-bond donors (Lipinski definition) is 2. The predicted octanol–water partition coefficient (Wildman–Crippen LogP) is 9.80. The summed E-state index contributed by atoms with van der Waals surface area (Å²) in [5, 5.41) is 7.19. The maximum atomic E-state index is 11.5. The van der Waals surface area contributed by atoms with E-state index >= 15 is 0 Å². The third-order valence-corrected chi connectivity index (χ3v) is 2.90. The molecule has 0 aromatic heterocycles. The minimum Gasteiger partial charge on any atom is -0.433 e. The van der Waals surface area contributed by atoms with Crippen molar-refractivity contribution in [3.05, 3.63) is 0 Å². The molecule has 2 N–H and O–H groups in total. The van der Waals surface area contributed by atoms with Gasteiger partial charge in [0.15, 0.2) is 8.32 Å². The Morgan fingerprint density at radius 1 is 0.853 bits per heavy atom. The molecule has 0 aromatic rings. The first-order valence-corrected chi connectivity index (χ1v) is 20.0. The molecule has 0 aliphatic rings. The van der Waals surface area contributed by atoms with Gasteiger partial charge in [0.1, 0.15) is 14.1 Å². The van der Waals surface area contributed by atoms with Crippen molar-refractivity contribution in [3.8, 4) is 0 Å². The highest BCUT2D eigenvalue weighted by Gasteiger charge is 2.21. The normalized spacial score (nSPS) is 9.18. The first-order valence-electron chi connectivity index (χ1n) is 8.74. The van der Waals surface area contributed by atoms with E-state index in [1.165, 1.54) is 0 Å². The lowest BCUT2D eigenvalue weighted by molar-refractivity contribution is -0.181. The van der Waals surface area contributed by atoms with E-state index in [0.717, 1.165) is 5.88 Å². The van der Waals surface area contributed by atoms with Crippen LogP contribution in [0.5, 0.6) is 0 Å². The highest BCUT2D eigenvalue weighted by Crippen LogP contribution is 2.04. The first-order chi connectivity index (χ1) is 12.5. The largest absolute Gasteiger partial charge is 0.433 e. The van der Waals surface area contributed by atoms with Crippen LogP contribution in [0.4, 0.5) is 17.6 Å². The zero-order chi connectivity index (χ0) is 25.5. The fourth-order valence-electron chi connectivity index (χ4n) is 0.343. The van der Waals surface area contributed by atoms with Gasteiger partial charge in [-0.05, 0) is 32.7 Å². The molecule has 0 heterocycles. The maximum Gasteiger partial charge on any atom is 0.350 e. The van der Waals surface area contributed by atoms with Crippen molar-refractivity contribution in [2.24, 2.45) is 0 Å². The number of aliphatic hydroxyl groups is 1. The lowest BCUT2D eigenvalue weighted by Crippen LogP contribution is -2.33. The average molecular weight is 612 g/mol. The second-order valence-corrected chi connectivity index (χ2v) is 23.4. The summed E-state index contributed by atoms with van der Waals surface area (Å²) in [7, 11) is -2.60. The number of halogens is 6. The van der Waals surface area contributed by atoms with Crippen LogP contribution in [0.1, 0.15) is 51.0 Å². The number of hydrogen-bond acceptors (Lipinski definition) is 4. The van der Waals surface area contributed by atoms with Crippen molar-refractivity contribution >= 4 is 46.9 Å². The Morgan fingerprint density at radius 2 is 1.00 bits per heavy atom. The molecule has 34 heavy (non-hydrogen) atoms. The zero-order valence-electron chi connectivity index (χ0n) is 20.1. The van der Waals surface area contributed by atoms with Gasteiger partial charge >= 0.3 is 14.7 Å². The molecule has 0 aliphatic heterocycles. The number of alkyl halides is 5. The topological polar surface area (TPSA) is 58.9 Å². The van der Waals surface area contributed by atoms with Gasteiger partial charge in [-0.1, -0.05) is 63.7 Å². The molecule has 226 valence electrons. The average Bonchev–Trinajstić information content (AvgIpc) is 2.43. The van der Waals surface area contributed by atoms with Crippen molar-refractivity contribution in [1.82, 2.24) is 0 Å². The van der Waals surface area contributed by atoms with Crippen molar-refractivity contribution in [3.63, 3.8) is 0 Å². The standard InChI is InChI=1S/C5H13FO2Si.C3H9ClSi.C3H10OSi.C2H5Cl.C2H4F2O.CH3F.5CH4/c1-7-9(2,3)8-5-4-6;2*1-5(2,3)4;1-2-3;1-2(3,4)5;1-2;;;;;/h4-5H2,1-3H3;1-3H3;4H,1-3H3;2H2,1H3;5H,1H3;1H3;5*1H4. The summed E-state index contributed by atoms with van der Waals surface area (Å²) in [5.41, 5.74) is 0. The Bertz CT molecular complexity index is 261. The molecule has 0 radical (unpaired) electrons. The van der Waals surface area contributed by atoms with Crippen LogP contribution in [0.25, 0.3) is 0 Å². The summed E-state index contributed by atoms with van der Waals surface area (Å²) >= 11 is 10.7. The van der Waals surface area contributed by atoms with Crippen LogP contribution >= 0.6 is 22.7 Å². The molecule has 0 saturated heterocycles. The van der Waals surface area contributed by atoms with E-state index in [-0.39, 0.29) is 43.7 Å². The second kappa shape index (κ2) is 40.9. The SMILES string of the molecule is C.C.C.C.C.CC(O)(F)F.CCCl.CF.CO[Si](C)(C)OCCF.C[Si](C)(C)Cl.C[Si](C)(C)O. The van der Waals surface area contributed by atoms with E-state index in [1.54, 1.807) is 7.11 Å². The summed E-state index contributed by atoms with van der Waals surface area (Å²) in [5.74, 6) is 0.722. The Labute approximate surface area is 225 Å². The minimum atomic E-state index is -3.50. The molecule has 13 heteroatoms. The summed E-state index contributed by atoms with van der Waals surface area (Å²) < 4.78 is 52.2. The molecule has 4 nitrogen and oxygen atoms in total. The molecule has 0 aliphatic carbocycles. The van der Waals surface area contributed by atoms with E-state index in [0.29, 0.717) is 14.1 Å². The van der Waals surface area contributed by atoms with Gasteiger partial charge in [-0.2, -0.15) is 19.9 Å². The molecular formula is C21H64Cl2F4O4Si3. The van der Waals surface area contributed by atoms with E-state index in [1.807, 2.05) is 39.7 Å². The van der Waals surface area contributed by atoms with E-state index in [2.05, 4.69) is 19.6 Å². The van der Waals surface area contributed by atoms with Crippen LogP contribution < -0.4 is 0 Å². The van der Waals surface area contributed by atoms with Gasteiger partial charge in [0.05, 0.1) is 13.8 Å². The van der Waals surface area contributed by atoms with Gasteiger partial charge in [0.2, 0.25) is 0 Å². The molecule has 0 saturated carbocycles. The van der Waals surface area contributed by atoms with E-state index in [9.17, 15) is 17.6 Å². The molecule has 0 aromatic carbocycles. The molecule has 0 unspecified atom stereocenters. The molecular weight excluding hydrogens is 547 g/mol. The third kappa shape index (κ3) is 429. The summed E-state index contributed by atoms with van der Waals surface area (Å²) in [4.78, 5) is 8.66. The Kier molecular flexibility index (Phi) is 84.5. The van der Waals surface area contributed by atoms with Crippen LogP contribution in [-0.2, 0) is 8.85 Å². The van der Waals surface area contributed by atoms with Gasteiger partial charge in [-0.3, -0.25) is 4.39 Å². The monoisotopic (exact) mass is 610 g/mol. The smallest absolute Gasteiger partial charge is 0.350 e. The highest BCUT2D eigenvalue weighted by molar-refractivity contribution is 7.18. The highest BCUT2D eigenvalue weighted by atomic mass is 35.6. The number of rotatable bonds is 4. The van der Waals surface area contributed by atoms with Crippen molar-refractivity contribution in [1.29, 1.82) is 0 Å². The van der Waals surface area contributed by atoms with Gasteiger partial charge < -0.3 is 18.8 Å². The van der Waals surface area contributed by atoms with Crippen LogP contribution in [0.3, 0.4) is 0 Å². The van der Waals surface area contributed by atoms with Gasteiger partial charge in [-0.15, -0.1) is 11.6 Å². The minimum absolute atomic E-state index is 0. The maximum absolute atomic E-state index is 11.5. The molecule has 0 atom stereocenters. The lowest BCUT2D eigenvalue weighted by atomic mass is 10.8. The first kappa shape index (κ1) is 70.2. The van der Waals surface area contributed by atoms with E-state index in [4.69, 9.17) is 41.4 Å². The molecule has 0 spiro atoms. The van der Waals surface area contributed by atoms with Gasteiger partial charge in [0, 0.05) is 19.9 Å². The quantitative estimate of drug-likeness (QED) is 0.144. The molecule has 0 bridgehead atoms. The lowest BCUT2D eigenvalue weighted by Gasteiger charge is -2.18. The summed E-state index contributed by atoms with van der Waals surface area (Å²) in [6.07, 6.45) is -3.50. The van der Waals surface area contributed by atoms with E-state index < -0.39 is 37.0 Å². The van der Waals surface area contributed by atoms with Crippen molar-refractivity contribution < 1.29 is 36.3 Å². The molecule has 0 amide bonds. The van der Waals surface area contributed by atoms with Crippen LogP contribution in [0.15, 0.2) is 0 Å². The van der Waals surface area contributed by atoms with Gasteiger partial charge in [0.25, 0.3) is 0 Å². The van der Waals surface area contributed by atoms with Crippen molar-refractivity contribution in [2.45, 2.75) is 109 Å². The van der Waals surface area contributed by atoms with Gasteiger partial charge in [-0.25, -0.2) is 4.39 Å². The summed E-state index contributed by atoms with van der Waals surface area (Å²) in [6.45, 7) is 17.7. The van der Waals surface area contributed by atoms with Crippen LogP contribution in [0.2, 0.25) is 52.4 Å². The second-order valence-electron chi connectivity index (χ2n) is 7.49. The Morgan fingerprint density at radius 3 is 1.09 bits per heavy atom. The predicted molar refractivity (Wildman–Crippen MR) is 161 cm³/mol. The fraction of sp³-hybridized carbons (Fsp3) is 1.00. The summed E-state index contributed by atoms with van der Waals surface area (Å²) in [6, 6.07) is 0. The van der Waals surface area contributed by atoms with Crippen LogP contribution in [0, 0.1) is 0 Å².